The van der Waals surface area contributed by atoms with Gasteiger partial charge in [-0.3, -0.25) is 0 Å². The second-order valence-corrected chi connectivity index (χ2v) is 4.84. The molecule has 0 saturated heterocycles. The van der Waals surface area contributed by atoms with Crippen LogP contribution < -0.4 is 10.6 Å². The zero-order valence-corrected chi connectivity index (χ0v) is 11.9. The van der Waals surface area contributed by atoms with E-state index in [0.717, 1.165) is 13.0 Å². The summed E-state index contributed by atoms with van der Waals surface area (Å²) in [6.07, 6.45) is 3.08. The third-order valence-corrected chi connectivity index (χ3v) is 3.22. The summed E-state index contributed by atoms with van der Waals surface area (Å²) in [5.41, 5.74) is -0.226. The Labute approximate surface area is 113 Å². The quantitative estimate of drug-likeness (QED) is 0.712. The van der Waals surface area contributed by atoms with Gasteiger partial charge in [0.2, 0.25) is 5.95 Å². The number of aliphatic hydroxyl groups is 1. The highest BCUT2D eigenvalue weighted by Gasteiger charge is 2.23. The number of anilines is 2. The maximum Gasteiger partial charge on any atom is 0.224 e. The number of nitrogens with one attached hydrogen (secondary N) is 2. The van der Waals surface area contributed by atoms with Crippen LogP contribution in [-0.2, 0) is 0 Å². The van der Waals surface area contributed by atoms with Crippen LogP contribution in [0.2, 0.25) is 5.02 Å². The molecule has 5 nitrogen and oxygen atoms in total. The van der Waals surface area contributed by atoms with Crippen LogP contribution in [0.4, 0.5) is 11.8 Å². The average Bonchev–Trinajstić information content (AvgIpc) is 2.34. The fourth-order valence-electron chi connectivity index (χ4n) is 1.56. The Morgan fingerprint density at radius 1 is 1.44 bits per heavy atom. The van der Waals surface area contributed by atoms with E-state index in [1.807, 2.05) is 13.8 Å². The minimum atomic E-state index is -0.226. The van der Waals surface area contributed by atoms with Gasteiger partial charge >= 0.3 is 0 Å². The summed E-state index contributed by atoms with van der Waals surface area (Å²) < 4.78 is 0. The molecule has 3 N–H and O–H groups in total. The van der Waals surface area contributed by atoms with Crippen molar-refractivity contribution in [1.29, 1.82) is 0 Å². The van der Waals surface area contributed by atoms with Crippen LogP contribution in [0.3, 0.4) is 0 Å². The fraction of sp³-hybridized carbons (Fsp3) is 0.667. The van der Waals surface area contributed by atoms with Crippen molar-refractivity contribution in [1.82, 2.24) is 9.97 Å². The van der Waals surface area contributed by atoms with Crippen molar-refractivity contribution in [3.63, 3.8) is 0 Å². The number of aromatic nitrogens is 2. The molecule has 18 heavy (non-hydrogen) atoms. The second kappa shape index (κ2) is 6.75. The lowest BCUT2D eigenvalue weighted by Crippen LogP contribution is -2.35. The molecule has 0 aliphatic rings. The Morgan fingerprint density at radius 3 is 2.72 bits per heavy atom. The Balaban J connectivity index is 2.90. The summed E-state index contributed by atoms with van der Waals surface area (Å²) in [6.45, 7) is 6.95. The smallest absolute Gasteiger partial charge is 0.224 e. The largest absolute Gasteiger partial charge is 0.396 e. The molecule has 0 saturated carbocycles. The van der Waals surface area contributed by atoms with Gasteiger partial charge in [0.1, 0.15) is 5.02 Å². The molecule has 0 spiro atoms. The topological polar surface area (TPSA) is 70.1 Å². The Morgan fingerprint density at radius 2 is 2.17 bits per heavy atom. The van der Waals surface area contributed by atoms with Crippen molar-refractivity contribution in [3.05, 3.63) is 11.2 Å². The van der Waals surface area contributed by atoms with Crippen LogP contribution in [0.25, 0.3) is 0 Å². The molecule has 1 atom stereocenters. The molecule has 0 aliphatic heterocycles. The van der Waals surface area contributed by atoms with E-state index in [1.165, 1.54) is 0 Å². The molecule has 6 heteroatoms. The first-order chi connectivity index (χ1) is 8.54. The van der Waals surface area contributed by atoms with Crippen LogP contribution in [0.15, 0.2) is 6.20 Å². The number of halogens is 1. The van der Waals surface area contributed by atoms with E-state index in [-0.39, 0.29) is 12.1 Å². The predicted molar refractivity (Wildman–Crippen MR) is 75.2 cm³/mol. The minimum Gasteiger partial charge on any atom is -0.396 e. The van der Waals surface area contributed by atoms with Crippen LogP contribution in [-0.4, -0.2) is 33.8 Å². The molecule has 0 amide bonds. The molecule has 1 aromatic rings. The molecular weight excluding hydrogens is 252 g/mol. The van der Waals surface area contributed by atoms with E-state index in [4.69, 9.17) is 16.7 Å². The van der Waals surface area contributed by atoms with E-state index < -0.39 is 0 Å². The highest BCUT2D eigenvalue weighted by atomic mass is 35.5. The van der Waals surface area contributed by atoms with Gasteiger partial charge in [0.25, 0.3) is 0 Å². The molecule has 1 unspecified atom stereocenters. The monoisotopic (exact) mass is 272 g/mol. The van der Waals surface area contributed by atoms with Crippen molar-refractivity contribution in [2.45, 2.75) is 39.2 Å². The van der Waals surface area contributed by atoms with Gasteiger partial charge in [0.05, 0.1) is 6.20 Å². The van der Waals surface area contributed by atoms with E-state index >= 15 is 0 Å². The molecular formula is C12H21ClN4O. The van der Waals surface area contributed by atoms with Gasteiger partial charge in [-0.15, -0.1) is 0 Å². The SMILES string of the molecule is CCNc1ncc(Cl)c(NC(C)(CC)CCO)n1. The van der Waals surface area contributed by atoms with Gasteiger partial charge in [-0.25, -0.2) is 4.98 Å². The third-order valence-electron chi connectivity index (χ3n) is 2.94. The van der Waals surface area contributed by atoms with Gasteiger partial charge < -0.3 is 15.7 Å². The number of rotatable bonds is 7. The lowest BCUT2D eigenvalue weighted by atomic mass is 9.95. The van der Waals surface area contributed by atoms with Crippen LogP contribution in [0, 0.1) is 0 Å². The highest BCUT2D eigenvalue weighted by molar-refractivity contribution is 6.32. The molecule has 0 radical (unpaired) electrons. The van der Waals surface area contributed by atoms with E-state index in [0.29, 0.717) is 23.2 Å². The number of hydrogen-bond donors (Lipinski definition) is 3. The van der Waals surface area contributed by atoms with Crippen LogP contribution in [0.5, 0.6) is 0 Å². The number of hydrogen-bond acceptors (Lipinski definition) is 5. The van der Waals surface area contributed by atoms with Crippen molar-refractivity contribution < 1.29 is 5.11 Å². The Bertz CT molecular complexity index is 388. The molecule has 0 fully saturated rings. The van der Waals surface area contributed by atoms with Gasteiger partial charge in [-0.1, -0.05) is 18.5 Å². The van der Waals surface area contributed by atoms with E-state index in [2.05, 4.69) is 27.5 Å². The third kappa shape index (κ3) is 3.99. The lowest BCUT2D eigenvalue weighted by Gasteiger charge is -2.30. The molecule has 102 valence electrons. The molecule has 1 heterocycles. The molecule has 0 aromatic carbocycles. The number of nitrogens with zero attached hydrogens (tertiary/aromatic N) is 2. The molecule has 1 aromatic heterocycles. The first-order valence-electron chi connectivity index (χ1n) is 6.20. The molecule has 1 rings (SSSR count). The summed E-state index contributed by atoms with van der Waals surface area (Å²) in [7, 11) is 0. The van der Waals surface area contributed by atoms with E-state index in [1.54, 1.807) is 6.20 Å². The predicted octanol–water partition coefficient (Wildman–Crippen LogP) is 2.52. The summed E-state index contributed by atoms with van der Waals surface area (Å²) in [6, 6.07) is 0. The minimum absolute atomic E-state index is 0.125. The Kier molecular flexibility index (Phi) is 5.62. The zero-order chi connectivity index (χ0) is 13.6. The highest BCUT2D eigenvalue weighted by Crippen LogP contribution is 2.26. The fourth-order valence-corrected chi connectivity index (χ4v) is 1.70. The van der Waals surface area contributed by atoms with Crippen molar-refractivity contribution in [3.8, 4) is 0 Å². The van der Waals surface area contributed by atoms with Gasteiger partial charge in [-0.2, -0.15) is 4.98 Å². The lowest BCUT2D eigenvalue weighted by molar-refractivity contribution is 0.252. The summed E-state index contributed by atoms with van der Waals surface area (Å²) in [5.74, 6) is 1.15. The second-order valence-electron chi connectivity index (χ2n) is 4.43. The van der Waals surface area contributed by atoms with Gasteiger partial charge in [0.15, 0.2) is 5.82 Å². The Hall–Kier alpha value is -1.07. The zero-order valence-electron chi connectivity index (χ0n) is 11.1. The van der Waals surface area contributed by atoms with Gasteiger partial charge in [0, 0.05) is 18.7 Å². The maximum absolute atomic E-state index is 9.10. The van der Waals surface area contributed by atoms with E-state index in [9.17, 15) is 0 Å². The van der Waals surface area contributed by atoms with Crippen LogP contribution in [0.1, 0.15) is 33.6 Å². The standard InChI is InChI=1S/C12H21ClN4O/c1-4-12(3,6-7-18)17-10-9(13)8-15-11(16-10)14-5-2/h8,18H,4-7H2,1-3H3,(H2,14,15,16,17). The first-order valence-corrected chi connectivity index (χ1v) is 6.58. The normalized spacial score (nSPS) is 14.1. The van der Waals surface area contributed by atoms with Crippen molar-refractivity contribution >= 4 is 23.4 Å². The van der Waals surface area contributed by atoms with Gasteiger partial charge in [-0.05, 0) is 26.7 Å². The summed E-state index contributed by atoms with van der Waals surface area (Å²) in [5, 5.41) is 15.9. The summed E-state index contributed by atoms with van der Waals surface area (Å²) in [4.78, 5) is 8.42. The average molecular weight is 273 g/mol. The summed E-state index contributed by atoms with van der Waals surface area (Å²) >= 11 is 6.08. The number of aliphatic hydroxyl groups excluding tert-OH is 1. The van der Waals surface area contributed by atoms with Crippen molar-refractivity contribution in [2.24, 2.45) is 0 Å². The van der Waals surface area contributed by atoms with Crippen LogP contribution >= 0.6 is 11.6 Å². The molecule has 0 bridgehead atoms. The molecule has 0 aliphatic carbocycles. The maximum atomic E-state index is 9.10. The first kappa shape index (κ1) is 15.0. The van der Waals surface area contributed by atoms with Crippen molar-refractivity contribution in [2.75, 3.05) is 23.8 Å².